The van der Waals surface area contributed by atoms with Gasteiger partial charge in [-0.05, 0) is 30.5 Å². The Bertz CT molecular complexity index is 562. The van der Waals surface area contributed by atoms with Gasteiger partial charge in [0.15, 0.2) is 0 Å². The smallest absolute Gasteiger partial charge is 0.110 e. The Morgan fingerprint density at radius 3 is 3.11 bits per heavy atom. The second kappa shape index (κ2) is 4.86. The van der Waals surface area contributed by atoms with Gasteiger partial charge in [-0.2, -0.15) is 0 Å². The third-order valence-corrected chi connectivity index (χ3v) is 3.88. The van der Waals surface area contributed by atoms with Gasteiger partial charge in [-0.25, -0.2) is 4.98 Å². The van der Waals surface area contributed by atoms with Crippen molar-refractivity contribution in [2.75, 3.05) is 0 Å². The van der Waals surface area contributed by atoms with Gasteiger partial charge in [0, 0.05) is 23.5 Å². The standard InChI is InChI=1S/C14H16BrN3/c15-11-4-1-3-10(7-11)8-12-9-18-13(16)5-2-6-14(18)17-12/h1,3-4,7,9,13H,2,5-6,8,16H2. The molecule has 1 unspecified atom stereocenters. The summed E-state index contributed by atoms with van der Waals surface area (Å²) in [5.74, 6) is 1.14. The number of rotatable bonds is 2. The van der Waals surface area contributed by atoms with Crippen molar-refractivity contribution < 1.29 is 0 Å². The van der Waals surface area contributed by atoms with E-state index in [1.807, 2.05) is 6.07 Å². The van der Waals surface area contributed by atoms with Crippen LogP contribution in [0.1, 0.15) is 36.1 Å². The predicted octanol–water partition coefficient (Wildman–Crippen LogP) is 3.03. The number of benzene rings is 1. The van der Waals surface area contributed by atoms with Crippen LogP contribution in [0.5, 0.6) is 0 Å². The number of fused-ring (bicyclic) bond motifs is 1. The molecule has 0 aliphatic carbocycles. The summed E-state index contributed by atoms with van der Waals surface area (Å²) in [6, 6.07) is 8.36. The zero-order valence-electron chi connectivity index (χ0n) is 10.1. The Kier molecular flexibility index (Phi) is 3.22. The van der Waals surface area contributed by atoms with Gasteiger partial charge in [0.2, 0.25) is 0 Å². The summed E-state index contributed by atoms with van der Waals surface area (Å²) in [5.41, 5.74) is 8.48. The molecule has 2 N–H and O–H groups in total. The second-order valence-corrected chi connectivity index (χ2v) is 5.74. The van der Waals surface area contributed by atoms with E-state index in [4.69, 9.17) is 10.7 Å². The Morgan fingerprint density at radius 1 is 1.44 bits per heavy atom. The minimum absolute atomic E-state index is 0.109. The molecule has 94 valence electrons. The number of nitrogens with zero attached hydrogens (tertiary/aromatic N) is 2. The van der Waals surface area contributed by atoms with Crippen LogP contribution in [0.2, 0.25) is 0 Å². The SMILES string of the molecule is NC1CCCc2nc(Cc3cccc(Br)c3)cn21. The third-order valence-electron chi connectivity index (χ3n) is 3.39. The van der Waals surface area contributed by atoms with Crippen LogP contribution in [0.15, 0.2) is 34.9 Å². The molecule has 2 aromatic rings. The summed E-state index contributed by atoms with van der Waals surface area (Å²) in [5, 5.41) is 0. The molecule has 0 radical (unpaired) electrons. The number of aromatic nitrogens is 2. The van der Waals surface area contributed by atoms with Crippen molar-refractivity contribution in [2.45, 2.75) is 31.8 Å². The van der Waals surface area contributed by atoms with Gasteiger partial charge in [0.25, 0.3) is 0 Å². The summed E-state index contributed by atoms with van der Waals surface area (Å²) in [4.78, 5) is 4.69. The van der Waals surface area contributed by atoms with E-state index in [0.29, 0.717) is 0 Å². The molecule has 1 aliphatic heterocycles. The number of hydrogen-bond acceptors (Lipinski definition) is 2. The van der Waals surface area contributed by atoms with Crippen LogP contribution in [0.4, 0.5) is 0 Å². The van der Waals surface area contributed by atoms with Crippen LogP contribution >= 0.6 is 15.9 Å². The van der Waals surface area contributed by atoms with Gasteiger partial charge >= 0.3 is 0 Å². The molecule has 0 saturated carbocycles. The predicted molar refractivity (Wildman–Crippen MR) is 75.3 cm³/mol. The van der Waals surface area contributed by atoms with E-state index in [9.17, 15) is 0 Å². The van der Waals surface area contributed by atoms with Crippen LogP contribution in [0, 0.1) is 0 Å². The fourth-order valence-electron chi connectivity index (χ4n) is 2.51. The lowest BCUT2D eigenvalue weighted by molar-refractivity contribution is 0.408. The summed E-state index contributed by atoms with van der Waals surface area (Å²) >= 11 is 3.50. The molecule has 0 spiro atoms. The van der Waals surface area contributed by atoms with Crippen molar-refractivity contribution in [3.05, 3.63) is 52.0 Å². The molecule has 18 heavy (non-hydrogen) atoms. The van der Waals surface area contributed by atoms with Crippen LogP contribution in [-0.2, 0) is 12.8 Å². The lowest BCUT2D eigenvalue weighted by atomic mass is 10.1. The molecular formula is C14H16BrN3. The Morgan fingerprint density at radius 2 is 2.33 bits per heavy atom. The van der Waals surface area contributed by atoms with E-state index in [1.54, 1.807) is 0 Å². The average molecular weight is 306 g/mol. The first kappa shape index (κ1) is 11.9. The van der Waals surface area contributed by atoms with Crippen molar-refractivity contribution >= 4 is 15.9 Å². The topological polar surface area (TPSA) is 43.8 Å². The van der Waals surface area contributed by atoms with Gasteiger partial charge in [0.05, 0.1) is 11.9 Å². The van der Waals surface area contributed by atoms with E-state index in [0.717, 1.165) is 41.7 Å². The van der Waals surface area contributed by atoms with Gasteiger partial charge < -0.3 is 10.3 Å². The molecule has 0 fully saturated rings. The van der Waals surface area contributed by atoms with Gasteiger partial charge in [-0.15, -0.1) is 0 Å². The molecule has 0 saturated heterocycles. The van der Waals surface area contributed by atoms with Crippen LogP contribution in [0.25, 0.3) is 0 Å². The highest BCUT2D eigenvalue weighted by Gasteiger charge is 2.18. The fraction of sp³-hybridized carbons (Fsp3) is 0.357. The van der Waals surface area contributed by atoms with E-state index in [-0.39, 0.29) is 6.17 Å². The maximum Gasteiger partial charge on any atom is 0.110 e. The number of aryl methyl sites for hydroxylation is 1. The Labute approximate surface area is 115 Å². The summed E-state index contributed by atoms with van der Waals surface area (Å²) in [6.07, 6.45) is 6.34. The molecular weight excluding hydrogens is 290 g/mol. The zero-order chi connectivity index (χ0) is 12.5. The first-order chi connectivity index (χ1) is 8.72. The van der Waals surface area contributed by atoms with E-state index >= 15 is 0 Å². The highest BCUT2D eigenvalue weighted by atomic mass is 79.9. The largest absolute Gasteiger partial charge is 0.319 e. The summed E-state index contributed by atoms with van der Waals surface area (Å²) in [6.45, 7) is 0. The van der Waals surface area contributed by atoms with Crippen molar-refractivity contribution in [3.63, 3.8) is 0 Å². The van der Waals surface area contributed by atoms with Crippen LogP contribution in [0.3, 0.4) is 0 Å². The minimum atomic E-state index is 0.109. The molecule has 1 atom stereocenters. The lowest BCUT2D eigenvalue weighted by Gasteiger charge is -2.20. The first-order valence-corrected chi connectivity index (χ1v) is 7.08. The lowest BCUT2D eigenvalue weighted by Crippen LogP contribution is -2.24. The van der Waals surface area contributed by atoms with Gasteiger partial charge in [-0.3, -0.25) is 0 Å². The average Bonchev–Trinajstić information content (AvgIpc) is 2.73. The highest BCUT2D eigenvalue weighted by Crippen LogP contribution is 2.22. The summed E-state index contributed by atoms with van der Waals surface area (Å²) in [7, 11) is 0. The van der Waals surface area contributed by atoms with Gasteiger partial charge in [-0.1, -0.05) is 28.1 Å². The normalized spacial score (nSPS) is 18.7. The zero-order valence-corrected chi connectivity index (χ0v) is 11.7. The molecule has 0 amide bonds. The van der Waals surface area contributed by atoms with Crippen LogP contribution < -0.4 is 5.73 Å². The summed E-state index contributed by atoms with van der Waals surface area (Å²) < 4.78 is 3.25. The number of imidazole rings is 1. The van der Waals surface area contributed by atoms with Crippen molar-refractivity contribution in [1.29, 1.82) is 0 Å². The molecule has 0 bridgehead atoms. The quantitative estimate of drug-likeness (QED) is 0.927. The number of halogens is 1. The maximum atomic E-state index is 6.09. The monoisotopic (exact) mass is 305 g/mol. The van der Waals surface area contributed by atoms with Gasteiger partial charge in [0.1, 0.15) is 5.82 Å². The maximum absolute atomic E-state index is 6.09. The fourth-order valence-corrected chi connectivity index (χ4v) is 2.96. The Hall–Kier alpha value is -1.13. The van der Waals surface area contributed by atoms with Crippen LogP contribution in [-0.4, -0.2) is 9.55 Å². The van der Waals surface area contributed by atoms with E-state index in [2.05, 4.69) is 44.9 Å². The first-order valence-electron chi connectivity index (χ1n) is 6.29. The highest BCUT2D eigenvalue weighted by molar-refractivity contribution is 9.10. The molecule has 3 nitrogen and oxygen atoms in total. The van der Waals surface area contributed by atoms with E-state index in [1.165, 1.54) is 5.56 Å². The van der Waals surface area contributed by atoms with Crippen molar-refractivity contribution in [3.8, 4) is 0 Å². The molecule has 2 heterocycles. The molecule has 1 aromatic carbocycles. The molecule has 3 rings (SSSR count). The third kappa shape index (κ3) is 2.35. The second-order valence-electron chi connectivity index (χ2n) is 4.82. The van der Waals surface area contributed by atoms with Crippen molar-refractivity contribution in [1.82, 2.24) is 9.55 Å². The minimum Gasteiger partial charge on any atom is -0.319 e. The van der Waals surface area contributed by atoms with E-state index < -0.39 is 0 Å². The molecule has 4 heteroatoms. The number of hydrogen-bond donors (Lipinski definition) is 1. The molecule has 1 aliphatic rings. The number of nitrogens with two attached hydrogens (primary N) is 1. The Balaban J connectivity index is 1.85. The molecule has 1 aromatic heterocycles. The van der Waals surface area contributed by atoms with Crippen molar-refractivity contribution in [2.24, 2.45) is 5.73 Å².